The Labute approximate surface area is 122 Å². The third-order valence-electron chi connectivity index (χ3n) is 3.17. The molecule has 2 aliphatic rings. The van der Waals surface area contributed by atoms with E-state index in [0.29, 0.717) is 24.5 Å². The summed E-state index contributed by atoms with van der Waals surface area (Å²) in [4.78, 5) is 17.2. The van der Waals surface area contributed by atoms with E-state index < -0.39 is 6.10 Å². The quantitative estimate of drug-likeness (QED) is 0.746. The van der Waals surface area contributed by atoms with E-state index in [1.54, 1.807) is 24.8 Å². The Balaban J connectivity index is 1.92. The zero-order valence-electron chi connectivity index (χ0n) is 11.4. The number of nitrogens with two attached hydrogens (primary N) is 1. The van der Waals surface area contributed by atoms with Crippen LogP contribution in [-0.2, 0) is 9.53 Å². The molecule has 0 spiro atoms. The maximum atomic E-state index is 11.2. The first-order chi connectivity index (χ1) is 9.51. The number of nitrogens with zero attached hydrogens (tertiary/aromatic N) is 2. The topological polar surface area (TPSA) is 88.2 Å². The molecule has 2 heterocycles. The van der Waals surface area contributed by atoms with E-state index in [2.05, 4.69) is 11.6 Å². The van der Waals surface area contributed by atoms with Crippen LogP contribution in [0.3, 0.4) is 0 Å². The van der Waals surface area contributed by atoms with Crippen molar-refractivity contribution in [3.8, 4) is 0 Å². The van der Waals surface area contributed by atoms with Crippen LogP contribution >= 0.6 is 11.8 Å². The van der Waals surface area contributed by atoms with Crippen molar-refractivity contribution in [2.75, 3.05) is 6.61 Å². The fourth-order valence-electron chi connectivity index (χ4n) is 2.06. The van der Waals surface area contributed by atoms with Crippen LogP contribution in [0.25, 0.3) is 0 Å². The van der Waals surface area contributed by atoms with Crippen molar-refractivity contribution >= 4 is 23.6 Å². The van der Waals surface area contributed by atoms with Gasteiger partial charge in [0.15, 0.2) is 0 Å². The highest BCUT2D eigenvalue weighted by molar-refractivity contribution is 8.00. The van der Waals surface area contributed by atoms with E-state index in [0.717, 1.165) is 0 Å². The van der Waals surface area contributed by atoms with Crippen molar-refractivity contribution in [3.63, 3.8) is 0 Å². The molecule has 7 heteroatoms. The van der Waals surface area contributed by atoms with Crippen LogP contribution in [0.2, 0.25) is 0 Å². The summed E-state index contributed by atoms with van der Waals surface area (Å²) < 4.78 is 5.10. The first kappa shape index (κ1) is 14.9. The molecular weight excluding hydrogens is 278 g/mol. The third-order valence-corrected chi connectivity index (χ3v) is 4.71. The predicted molar refractivity (Wildman–Crippen MR) is 78.8 cm³/mol. The Morgan fingerprint density at radius 3 is 3.15 bits per heavy atom. The van der Waals surface area contributed by atoms with E-state index >= 15 is 0 Å². The number of amidine groups is 1. The highest BCUT2D eigenvalue weighted by Crippen LogP contribution is 2.38. The summed E-state index contributed by atoms with van der Waals surface area (Å²) in [6, 6.07) is 0. The molecular formula is C13H19N3O3S. The van der Waals surface area contributed by atoms with Gasteiger partial charge < -0.3 is 20.5 Å². The fraction of sp³-hybridized carbons (Fsp3) is 0.538. The lowest BCUT2D eigenvalue weighted by atomic mass is 10.2. The van der Waals surface area contributed by atoms with Gasteiger partial charge in [-0.2, -0.15) is 0 Å². The second-order valence-electron chi connectivity index (χ2n) is 4.64. The van der Waals surface area contributed by atoms with Crippen molar-refractivity contribution in [1.82, 2.24) is 4.90 Å². The molecule has 0 radical (unpaired) electrons. The Morgan fingerprint density at radius 2 is 2.50 bits per heavy atom. The first-order valence-electron chi connectivity index (χ1n) is 6.50. The zero-order chi connectivity index (χ0) is 14.7. The highest BCUT2D eigenvalue weighted by Gasteiger charge is 2.38. The molecule has 0 bridgehead atoms. The average Bonchev–Trinajstić information content (AvgIpc) is 2.77. The number of hydrogen-bond donors (Lipinski definition) is 2. The molecule has 0 saturated carbocycles. The summed E-state index contributed by atoms with van der Waals surface area (Å²) in [5, 5.41) is 9.96. The van der Waals surface area contributed by atoms with Gasteiger partial charge in [0.25, 0.3) is 0 Å². The van der Waals surface area contributed by atoms with Gasteiger partial charge >= 0.3 is 5.97 Å². The fourth-order valence-corrected chi connectivity index (χ4v) is 3.54. The molecule has 2 aliphatic heterocycles. The van der Waals surface area contributed by atoms with Crippen molar-refractivity contribution in [3.05, 3.63) is 24.7 Å². The summed E-state index contributed by atoms with van der Waals surface area (Å²) in [5.74, 6) is 0.727. The number of hydrogen-bond acceptors (Lipinski definition) is 7. The number of carbonyl (C=O) groups is 1. The summed E-state index contributed by atoms with van der Waals surface area (Å²) in [6.45, 7) is 5.83. The monoisotopic (exact) mass is 297 g/mol. The second-order valence-corrected chi connectivity index (χ2v) is 6.07. The molecule has 0 amide bonds. The second kappa shape index (κ2) is 6.32. The standard InChI is InChI=1S/C13H19N3O3S/c1-3-13(18)19-7-10-9(17)6-12(20-10)16-5-4-11(14)15-8(16)2/h4-5,9-10,12,17H,2-3,6-7H2,1H3,(H2,14,15)/t9?,10-,12-/m1/s1. The number of ether oxygens (including phenoxy) is 1. The van der Waals surface area contributed by atoms with Gasteiger partial charge in [0, 0.05) is 19.0 Å². The SMILES string of the molecule is C=C1N=C(N)C=CN1[C@H]1CC(O)[C@@H](COC(=O)CC)S1. The minimum absolute atomic E-state index is 0.0240. The minimum atomic E-state index is -0.515. The molecule has 6 nitrogen and oxygen atoms in total. The van der Waals surface area contributed by atoms with Gasteiger partial charge in [-0.1, -0.05) is 13.5 Å². The number of aliphatic hydroxyl groups excluding tert-OH is 1. The Morgan fingerprint density at radius 1 is 1.75 bits per heavy atom. The Bertz CT molecular complexity index is 464. The molecule has 0 aromatic heterocycles. The van der Waals surface area contributed by atoms with Gasteiger partial charge in [-0.15, -0.1) is 11.8 Å². The van der Waals surface area contributed by atoms with Crippen LogP contribution in [0.4, 0.5) is 0 Å². The van der Waals surface area contributed by atoms with Crippen LogP contribution in [-0.4, -0.2) is 45.1 Å². The van der Waals surface area contributed by atoms with E-state index in [4.69, 9.17) is 10.5 Å². The zero-order valence-corrected chi connectivity index (χ0v) is 12.2. The van der Waals surface area contributed by atoms with Crippen LogP contribution in [0.5, 0.6) is 0 Å². The summed E-state index contributed by atoms with van der Waals surface area (Å²) >= 11 is 1.56. The van der Waals surface area contributed by atoms with Gasteiger partial charge in [0.1, 0.15) is 18.3 Å². The number of aliphatic imine (C=N–C) groups is 1. The number of esters is 1. The summed E-state index contributed by atoms with van der Waals surface area (Å²) in [7, 11) is 0. The van der Waals surface area contributed by atoms with Gasteiger partial charge in [-0.05, 0) is 6.08 Å². The van der Waals surface area contributed by atoms with Crippen molar-refractivity contribution < 1.29 is 14.6 Å². The van der Waals surface area contributed by atoms with Crippen LogP contribution in [0, 0.1) is 0 Å². The lowest BCUT2D eigenvalue weighted by molar-refractivity contribution is -0.143. The molecule has 1 unspecified atom stereocenters. The lowest BCUT2D eigenvalue weighted by Gasteiger charge is -2.28. The van der Waals surface area contributed by atoms with Gasteiger partial charge in [-0.3, -0.25) is 4.79 Å². The number of thioether (sulfide) groups is 1. The molecule has 2 rings (SSSR count). The molecule has 110 valence electrons. The van der Waals surface area contributed by atoms with E-state index in [1.165, 1.54) is 0 Å². The van der Waals surface area contributed by atoms with Gasteiger partial charge in [-0.25, -0.2) is 4.99 Å². The Kier molecular flexibility index (Phi) is 4.72. The molecule has 3 N–H and O–H groups in total. The van der Waals surface area contributed by atoms with Gasteiger partial charge in [0.05, 0.1) is 16.7 Å². The molecule has 1 fully saturated rings. The van der Waals surface area contributed by atoms with Crippen LogP contribution < -0.4 is 5.73 Å². The minimum Gasteiger partial charge on any atom is -0.464 e. The number of rotatable bonds is 4. The molecule has 0 aliphatic carbocycles. The first-order valence-corrected chi connectivity index (χ1v) is 7.44. The predicted octanol–water partition coefficient (Wildman–Crippen LogP) is 0.790. The molecule has 1 saturated heterocycles. The molecule has 20 heavy (non-hydrogen) atoms. The third kappa shape index (κ3) is 3.34. The summed E-state index contributed by atoms with van der Waals surface area (Å²) in [6.07, 6.45) is 3.91. The molecule has 0 aromatic rings. The lowest BCUT2D eigenvalue weighted by Crippen LogP contribution is -2.29. The molecule has 0 aromatic carbocycles. The van der Waals surface area contributed by atoms with Crippen LogP contribution in [0.1, 0.15) is 19.8 Å². The highest BCUT2D eigenvalue weighted by atomic mass is 32.2. The van der Waals surface area contributed by atoms with Gasteiger partial charge in [0.2, 0.25) is 0 Å². The smallest absolute Gasteiger partial charge is 0.305 e. The number of aliphatic hydroxyl groups is 1. The van der Waals surface area contributed by atoms with Crippen molar-refractivity contribution in [2.24, 2.45) is 10.7 Å². The van der Waals surface area contributed by atoms with E-state index in [1.807, 2.05) is 11.1 Å². The summed E-state index contributed by atoms with van der Waals surface area (Å²) in [5.41, 5.74) is 5.60. The largest absolute Gasteiger partial charge is 0.464 e. The number of carbonyl (C=O) groups excluding carboxylic acids is 1. The van der Waals surface area contributed by atoms with Crippen molar-refractivity contribution in [1.29, 1.82) is 0 Å². The average molecular weight is 297 g/mol. The van der Waals surface area contributed by atoms with E-state index in [-0.39, 0.29) is 23.2 Å². The van der Waals surface area contributed by atoms with Crippen molar-refractivity contribution in [2.45, 2.75) is 36.5 Å². The van der Waals surface area contributed by atoms with E-state index in [9.17, 15) is 9.90 Å². The molecule has 3 atom stereocenters. The normalized spacial score (nSPS) is 29.5. The van der Waals surface area contributed by atoms with Crippen LogP contribution in [0.15, 0.2) is 29.7 Å². The Hall–Kier alpha value is -1.47. The maximum absolute atomic E-state index is 11.2. The maximum Gasteiger partial charge on any atom is 0.305 e.